The summed E-state index contributed by atoms with van der Waals surface area (Å²) in [5, 5.41) is 6.07. The van der Waals surface area contributed by atoms with Crippen LogP contribution in [0.4, 0.5) is 0 Å². The molecule has 0 amide bonds. The molecule has 6 nitrogen and oxygen atoms in total. The average Bonchev–Trinajstić information content (AvgIpc) is 3.21. The Hall–Kier alpha value is -2.55. The quantitative estimate of drug-likeness (QED) is 0.188. The zero-order valence-electron chi connectivity index (χ0n) is 20.6. The molecule has 0 unspecified atom stereocenters. The van der Waals surface area contributed by atoms with Gasteiger partial charge in [-0.15, -0.1) is 0 Å². The highest BCUT2D eigenvalue weighted by atomic mass is 79.9. The second-order valence-electron chi connectivity index (χ2n) is 9.85. The third-order valence-corrected chi connectivity index (χ3v) is 11.4. The van der Waals surface area contributed by atoms with Gasteiger partial charge in [0, 0.05) is 28.8 Å². The van der Waals surface area contributed by atoms with Crippen molar-refractivity contribution >= 4 is 35.2 Å². The minimum Gasteiger partial charge on any atom is -0.497 e. The molecule has 0 aliphatic carbocycles. The van der Waals surface area contributed by atoms with Crippen molar-refractivity contribution in [1.29, 1.82) is 0 Å². The van der Waals surface area contributed by atoms with Crippen LogP contribution in [-0.2, 0) is 11.0 Å². The van der Waals surface area contributed by atoms with E-state index in [9.17, 15) is 0 Å². The van der Waals surface area contributed by atoms with Crippen LogP contribution in [-0.4, -0.2) is 41.8 Å². The van der Waals surface area contributed by atoms with Crippen molar-refractivity contribution < 1.29 is 9.16 Å². The lowest BCUT2D eigenvalue weighted by molar-refractivity contribution is 0.266. The summed E-state index contributed by atoms with van der Waals surface area (Å²) in [6.45, 7) is 12.6. The summed E-state index contributed by atoms with van der Waals surface area (Å²) in [7, 11) is -0.171. The van der Waals surface area contributed by atoms with Gasteiger partial charge in [-0.05, 0) is 46.2 Å². The van der Waals surface area contributed by atoms with Crippen molar-refractivity contribution in [3.05, 3.63) is 59.5 Å². The molecule has 0 fully saturated rings. The molecule has 0 radical (unpaired) electrons. The largest absolute Gasteiger partial charge is 0.497 e. The van der Waals surface area contributed by atoms with E-state index in [1.165, 1.54) is 0 Å². The molecular weight excluding hydrogens is 508 g/mol. The summed E-state index contributed by atoms with van der Waals surface area (Å²) < 4.78 is 14.3. The standard InChI is InChI=1S/C26H31BrN4O2Si/c1-26(2,3)34(5,6)33-15-14-31-17-21(23(30-31)18-10-8-7-9-11-18)24-20-13-12-19(32-4)16-22(20)28-25(27)29-24/h7-13,16-17H,14-15H2,1-6H3. The number of nitrogens with zero attached hydrogens (tertiary/aromatic N) is 4. The summed E-state index contributed by atoms with van der Waals surface area (Å²) in [4.78, 5) is 9.33. The molecule has 0 spiro atoms. The molecule has 2 aromatic carbocycles. The highest BCUT2D eigenvalue weighted by molar-refractivity contribution is 9.10. The minimum atomic E-state index is -1.83. The highest BCUT2D eigenvalue weighted by Gasteiger charge is 2.36. The van der Waals surface area contributed by atoms with E-state index in [1.807, 2.05) is 41.1 Å². The van der Waals surface area contributed by atoms with Gasteiger partial charge in [0.25, 0.3) is 0 Å². The SMILES string of the molecule is COc1ccc2c(-c3cn(CCO[Si](C)(C)C(C)(C)C)nc3-c3ccccc3)nc(Br)nc2c1. The lowest BCUT2D eigenvalue weighted by Gasteiger charge is -2.36. The van der Waals surface area contributed by atoms with Gasteiger partial charge in [-0.1, -0.05) is 51.1 Å². The molecule has 0 atom stereocenters. The maximum absolute atomic E-state index is 6.40. The average molecular weight is 540 g/mol. The third-order valence-electron chi connectivity index (χ3n) is 6.53. The van der Waals surface area contributed by atoms with Gasteiger partial charge in [-0.2, -0.15) is 5.10 Å². The number of benzene rings is 2. The summed E-state index contributed by atoms with van der Waals surface area (Å²) in [6, 6.07) is 16.1. The number of aromatic nitrogens is 4. The van der Waals surface area contributed by atoms with Gasteiger partial charge in [-0.25, -0.2) is 9.97 Å². The minimum absolute atomic E-state index is 0.171. The number of fused-ring (bicyclic) bond motifs is 1. The van der Waals surface area contributed by atoms with E-state index in [0.717, 1.165) is 39.2 Å². The lowest BCUT2D eigenvalue weighted by atomic mass is 10.0. The molecule has 34 heavy (non-hydrogen) atoms. The summed E-state index contributed by atoms with van der Waals surface area (Å²) >= 11 is 3.49. The number of halogens is 1. The molecule has 4 aromatic rings. The zero-order chi connectivity index (χ0) is 24.5. The van der Waals surface area contributed by atoms with Crippen LogP contribution in [0.2, 0.25) is 18.1 Å². The van der Waals surface area contributed by atoms with Crippen molar-refractivity contribution in [1.82, 2.24) is 19.7 Å². The normalized spacial score (nSPS) is 12.3. The van der Waals surface area contributed by atoms with Crippen molar-refractivity contribution in [3.8, 4) is 28.3 Å². The van der Waals surface area contributed by atoms with E-state index in [1.54, 1.807) is 7.11 Å². The molecule has 4 rings (SSSR count). The molecule has 0 N–H and O–H groups in total. The van der Waals surface area contributed by atoms with Gasteiger partial charge >= 0.3 is 0 Å². The highest BCUT2D eigenvalue weighted by Crippen LogP contribution is 2.37. The van der Waals surface area contributed by atoms with Crippen LogP contribution in [0.5, 0.6) is 5.75 Å². The first-order valence-corrected chi connectivity index (χ1v) is 15.1. The molecular formula is C26H31BrN4O2Si. The van der Waals surface area contributed by atoms with Gasteiger partial charge in [0.2, 0.25) is 0 Å². The molecule has 8 heteroatoms. The number of rotatable bonds is 7. The predicted octanol–water partition coefficient (Wildman–Crippen LogP) is 6.95. The number of methoxy groups -OCH3 is 1. The predicted molar refractivity (Wildman–Crippen MR) is 144 cm³/mol. The van der Waals surface area contributed by atoms with Crippen molar-refractivity contribution in [2.45, 2.75) is 45.4 Å². The van der Waals surface area contributed by atoms with Crippen LogP contribution >= 0.6 is 15.9 Å². The van der Waals surface area contributed by atoms with Crippen LogP contribution in [0.15, 0.2) is 59.5 Å². The Morgan fingerprint density at radius 2 is 1.74 bits per heavy atom. The van der Waals surface area contributed by atoms with Gasteiger partial charge < -0.3 is 9.16 Å². The Labute approximate surface area is 210 Å². The zero-order valence-corrected chi connectivity index (χ0v) is 23.2. The van der Waals surface area contributed by atoms with Gasteiger partial charge in [0.1, 0.15) is 11.4 Å². The summed E-state index contributed by atoms with van der Waals surface area (Å²) in [5.74, 6) is 0.755. The molecule has 0 saturated heterocycles. The Bertz CT molecular complexity index is 1300. The van der Waals surface area contributed by atoms with Crippen LogP contribution in [0.25, 0.3) is 33.4 Å². The Kier molecular flexibility index (Phi) is 6.94. The van der Waals surface area contributed by atoms with E-state index in [-0.39, 0.29) is 5.04 Å². The maximum atomic E-state index is 6.40. The Morgan fingerprint density at radius 3 is 2.41 bits per heavy atom. The Morgan fingerprint density at radius 1 is 1.00 bits per heavy atom. The third kappa shape index (κ3) is 5.09. The molecule has 0 saturated carbocycles. The fourth-order valence-corrected chi connectivity index (χ4v) is 4.95. The number of ether oxygens (including phenoxy) is 1. The molecule has 0 bridgehead atoms. The van der Waals surface area contributed by atoms with Gasteiger partial charge in [0.05, 0.1) is 31.5 Å². The van der Waals surface area contributed by atoms with Crippen molar-refractivity contribution in [3.63, 3.8) is 0 Å². The number of hydrogen-bond acceptors (Lipinski definition) is 5. The van der Waals surface area contributed by atoms with Crippen LogP contribution in [0.3, 0.4) is 0 Å². The van der Waals surface area contributed by atoms with E-state index in [0.29, 0.717) is 17.9 Å². The fourth-order valence-electron chi connectivity index (χ4n) is 3.54. The van der Waals surface area contributed by atoms with Crippen molar-refractivity contribution in [2.24, 2.45) is 0 Å². The summed E-state index contributed by atoms with van der Waals surface area (Å²) in [5.41, 5.74) is 4.52. The smallest absolute Gasteiger partial charge is 0.197 e. The first-order valence-electron chi connectivity index (χ1n) is 11.4. The topological polar surface area (TPSA) is 62.1 Å². The van der Waals surface area contributed by atoms with Crippen LogP contribution < -0.4 is 4.74 Å². The molecule has 2 aromatic heterocycles. The maximum Gasteiger partial charge on any atom is 0.197 e. The fraction of sp³-hybridized carbons (Fsp3) is 0.346. The van der Waals surface area contributed by atoms with Crippen LogP contribution in [0.1, 0.15) is 20.8 Å². The molecule has 178 valence electrons. The Balaban J connectivity index is 1.76. The van der Waals surface area contributed by atoms with E-state index < -0.39 is 8.32 Å². The molecule has 0 aliphatic heterocycles. The van der Waals surface area contributed by atoms with Crippen LogP contribution in [0, 0.1) is 0 Å². The monoisotopic (exact) mass is 538 g/mol. The summed E-state index contributed by atoms with van der Waals surface area (Å²) in [6.07, 6.45) is 2.07. The van der Waals surface area contributed by atoms with E-state index in [4.69, 9.17) is 19.2 Å². The molecule has 2 heterocycles. The second kappa shape index (κ2) is 9.60. The second-order valence-corrected chi connectivity index (χ2v) is 15.4. The van der Waals surface area contributed by atoms with E-state index in [2.05, 4.69) is 73.1 Å². The van der Waals surface area contributed by atoms with Crippen molar-refractivity contribution in [2.75, 3.05) is 13.7 Å². The molecule has 0 aliphatic rings. The first kappa shape index (κ1) is 24.6. The first-order chi connectivity index (χ1) is 16.1. The lowest BCUT2D eigenvalue weighted by Crippen LogP contribution is -2.41. The van der Waals surface area contributed by atoms with E-state index >= 15 is 0 Å². The van der Waals surface area contributed by atoms with Gasteiger partial charge in [0.15, 0.2) is 13.1 Å². The van der Waals surface area contributed by atoms with Gasteiger partial charge in [-0.3, -0.25) is 4.68 Å². The number of hydrogen-bond donors (Lipinski definition) is 0.